The molecule has 1 N–H and O–H groups in total. The van der Waals surface area contributed by atoms with Crippen LogP contribution in [-0.4, -0.2) is 42.2 Å². The number of nitrogens with one attached hydrogen (secondary N) is 1. The largest absolute Gasteiger partial charge is 1.00 e. The van der Waals surface area contributed by atoms with Crippen LogP contribution in [-0.2, 0) is 24.7 Å². The van der Waals surface area contributed by atoms with Crippen molar-refractivity contribution in [3.05, 3.63) is 29.8 Å². The number of rotatable bonds is 6. The fourth-order valence-corrected chi connectivity index (χ4v) is 4.24. The maximum atomic E-state index is 12.4. The van der Waals surface area contributed by atoms with Crippen LogP contribution in [0.5, 0.6) is 0 Å². The van der Waals surface area contributed by atoms with Crippen molar-refractivity contribution in [2.24, 2.45) is 0 Å². The van der Waals surface area contributed by atoms with Gasteiger partial charge in [-0.1, -0.05) is 17.7 Å². The van der Waals surface area contributed by atoms with Crippen molar-refractivity contribution in [3.63, 3.8) is 0 Å². The summed E-state index contributed by atoms with van der Waals surface area (Å²) in [6.07, 6.45) is 0. The van der Waals surface area contributed by atoms with E-state index in [4.69, 9.17) is 0 Å². The molecule has 0 fully saturated rings. The fraction of sp³-hybridized carbons (Fsp3) is 0.364. The molecule has 0 bridgehead atoms. The van der Waals surface area contributed by atoms with Crippen LogP contribution < -0.4 is 56.7 Å². The Balaban J connectivity index is 0.00000484. The molecule has 0 aliphatic heterocycles. The second-order valence-electron chi connectivity index (χ2n) is 4.35. The van der Waals surface area contributed by atoms with Crippen molar-refractivity contribution in [3.8, 4) is 0 Å². The number of aryl methyl sites for hydroxylation is 1. The van der Waals surface area contributed by atoms with E-state index in [0.29, 0.717) is 0 Å². The van der Waals surface area contributed by atoms with E-state index in [9.17, 15) is 26.2 Å². The average Bonchev–Trinajstić information content (AvgIpc) is 2.37. The standard InChI is InChI=1S/C11H13Br2NO6S2.K/c1-8-2-4-9(5-3-8)22(19,20)11(12,13)10(15)14-6-7-21(16,17)18;/h2-5H,6-7H2,1H3,(H,14,15)(H,16,17,18);/q;+1/p-1. The maximum Gasteiger partial charge on any atom is 1.00 e. The molecule has 0 aromatic heterocycles. The second kappa shape index (κ2) is 9.19. The van der Waals surface area contributed by atoms with E-state index in [-0.39, 0.29) is 56.3 Å². The van der Waals surface area contributed by atoms with Gasteiger partial charge in [0.1, 0.15) is 0 Å². The first kappa shape index (κ1) is 24.1. The third kappa shape index (κ3) is 6.75. The van der Waals surface area contributed by atoms with Crippen LogP contribution in [0.25, 0.3) is 0 Å². The van der Waals surface area contributed by atoms with Gasteiger partial charge in [0.2, 0.25) is 9.84 Å². The number of carbonyl (C=O) groups is 1. The summed E-state index contributed by atoms with van der Waals surface area (Å²) < 4.78 is 54.1. The van der Waals surface area contributed by atoms with Crippen LogP contribution in [0, 0.1) is 6.92 Å². The molecule has 0 saturated heterocycles. The SMILES string of the molecule is Cc1ccc(S(=O)(=O)C(Br)(Br)C(=O)NCCS(=O)(=O)[O-])cc1.[K+]. The number of benzene rings is 1. The molecular weight excluding hydrogens is 505 g/mol. The molecule has 1 aromatic rings. The minimum atomic E-state index is -4.50. The second-order valence-corrected chi connectivity index (χ2v) is 12.5. The van der Waals surface area contributed by atoms with E-state index in [2.05, 4.69) is 37.2 Å². The average molecular weight is 517 g/mol. The van der Waals surface area contributed by atoms with Crippen molar-refractivity contribution >= 4 is 57.7 Å². The van der Waals surface area contributed by atoms with Gasteiger partial charge >= 0.3 is 51.4 Å². The predicted octanol–water partition coefficient (Wildman–Crippen LogP) is -2.12. The Kier molecular flexibility index (Phi) is 9.65. The summed E-state index contributed by atoms with van der Waals surface area (Å²) in [6.45, 7) is 1.29. The summed E-state index contributed by atoms with van der Waals surface area (Å²) in [5, 5.41) is 2.08. The van der Waals surface area contributed by atoms with Crippen LogP contribution >= 0.6 is 31.9 Å². The van der Waals surface area contributed by atoms with E-state index in [1.807, 2.05) is 0 Å². The Morgan fingerprint density at radius 1 is 1.17 bits per heavy atom. The molecule has 0 aliphatic rings. The van der Waals surface area contributed by atoms with E-state index < -0.39 is 40.7 Å². The third-order valence-electron chi connectivity index (χ3n) is 2.57. The van der Waals surface area contributed by atoms with Crippen molar-refractivity contribution in [2.75, 3.05) is 12.3 Å². The van der Waals surface area contributed by atoms with E-state index in [1.54, 1.807) is 19.1 Å². The summed E-state index contributed by atoms with van der Waals surface area (Å²) in [5.41, 5.74) is 0.846. The minimum absolute atomic E-state index is 0. The molecule has 0 atom stereocenters. The maximum absolute atomic E-state index is 12.4. The Bertz CT molecular complexity index is 762. The van der Waals surface area contributed by atoms with Gasteiger partial charge in [0.25, 0.3) is 8.47 Å². The summed E-state index contributed by atoms with van der Waals surface area (Å²) in [5.74, 6) is -1.86. The zero-order chi connectivity index (χ0) is 17.2. The van der Waals surface area contributed by atoms with E-state index in [0.717, 1.165) is 5.56 Å². The Morgan fingerprint density at radius 3 is 2.09 bits per heavy atom. The van der Waals surface area contributed by atoms with E-state index in [1.165, 1.54) is 12.1 Å². The third-order valence-corrected chi connectivity index (χ3v) is 8.31. The van der Waals surface area contributed by atoms with Crippen molar-refractivity contribution < 1.29 is 77.6 Å². The van der Waals surface area contributed by atoms with Crippen molar-refractivity contribution in [2.45, 2.75) is 14.4 Å². The molecular formula is C11H12Br2KNO6S2. The topological polar surface area (TPSA) is 120 Å². The predicted molar refractivity (Wildman–Crippen MR) is 86.5 cm³/mol. The molecule has 0 heterocycles. The van der Waals surface area contributed by atoms with Crippen molar-refractivity contribution in [1.29, 1.82) is 0 Å². The van der Waals surface area contributed by atoms with Crippen LogP contribution in [0.4, 0.5) is 0 Å². The summed E-state index contributed by atoms with van der Waals surface area (Å²) in [4.78, 5) is 11.9. The number of hydrogen-bond donors (Lipinski definition) is 1. The molecule has 124 valence electrons. The first-order chi connectivity index (χ1) is 9.88. The summed E-state index contributed by atoms with van der Waals surface area (Å²) >= 11 is 5.59. The number of carbonyl (C=O) groups excluding carboxylic acids is 1. The van der Waals surface area contributed by atoms with Crippen molar-refractivity contribution in [1.82, 2.24) is 5.32 Å². The normalized spacial score (nSPS) is 12.3. The van der Waals surface area contributed by atoms with Gasteiger partial charge in [0, 0.05) is 6.54 Å². The molecule has 1 aromatic carbocycles. The van der Waals surface area contributed by atoms with Gasteiger partial charge < -0.3 is 9.87 Å². The molecule has 1 amide bonds. The number of halogens is 2. The van der Waals surface area contributed by atoms with Crippen LogP contribution in [0.1, 0.15) is 5.56 Å². The van der Waals surface area contributed by atoms with Gasteiger partial charge in [-0.3, -0.25) is 4.79 Å². The first-order valence-corrected chi connectivity index (χ1v) is 10.4. The van der Waals surface area contributed by atoms with E-state index >= 15 is 0 Å². The zero-order valence-electron chi connectivity index (χ0n) is 12.2. The molecule has 7 nitrogen and oxygen atoms in total. The number of alkyl halides is 2. The van der Waals surface area contributed by atoms with Gasteiger partial charge in [-0.15, -0.1) is 0 Å². The molecule has 1 rings (SSSR count). The van der Waals surface area contributed by atoms with Crippen LogP contribution in [0.3, 0.4) is 0 Å². The fourth-order valence-electron chi connectivity index (χ4n) is 1.38. The number of hydrogen-bond acceptors (Lipinski definition) is 6. The molecule has 0 radical (unpaired) electrons. The number of amides is 1. The smallest absolute Gasteiger partial charge is 0.748 e. The Hall–Kier alpha value is 1.15. The van der Waals surface area contributed by atoms with Crippen LogP contribution in [0.2, 0.25) is 0 Å². The Labute approximate surface area is 194 Å². The minimum Gasteiger partial charge on any atom is -0.748 e. The van der Waals surface area contributed by atoms with Gasteiger partial charge in [-0.05, 0) is 50.9 Å². The van der Waals surface area contributed by atoms with Gasteiger partial charge in [0.15, 0.2) is 0 Å². The molecule has 0 saturated carbocycles. The molecule has 23 heavy (non-hydrogen) atoms. The molecule has 12 heteroatoms. The Morgan fingerprint density at radius 2 is 1.65 bits per heavy atom. The summed E-state index contributed by atoms with van der Waals surface area (Å²) in [7, 11) is -8.63. The molecule has 0 aliphatic carbocycles. The molecule has 0 spiro atoms. The summed E-state index contributed by atoms with van der Waals surface area (Å²) in [6, 6.07) is 5.84. The number of sulfone groups is 1. The zero-order valence-corrected chi connectivity index (χ0v) is 20.2. The quantitative estimate of drug-likeness (QED) is 0.262. The molecule has 0 unspecified atom stereocenters. The van der Waals surface area contributed by atoms with Gasteiger partial charge in [-0.25, -0.2) is 16.8 Å². The van der Waals surface area contributed by atoms with Crippen LogP contribution in [0.15, 0.2) is 29.2 Å². The van der Waals surface area contributed by atoms with Gasteiger partial charge in [0.05, 0.1) is 20.8 Å². The first-order valence-electron chi connectivity index (χ1n) is 5.79. The monoisotopic (exact) mass is 515 g/mol. The van der Waals surface area contributed by atoms with Gasteiger partial charge in [-0.2, -0.15) is 0 Å².